The molecule has 0 bridgehead atoms. The molecule has 0 spiro atoms. The summed E-state index contributed by atoms with van der Waals surface area (Å²) in [4.78, 5) is 4.25. The Balaban J connectivity index is 2.38. The van der Waals surface area contributed by atoms with E-state index in [0.29, 0.717) is 0 Å². The smallest absolute Gasteiger partial charge is 0.0954 e. The average Bonchev–Trinajstić information content (AvgIpc) is 2.48. The van der Waals surface area contributed by atoms with Crippen LogP contribution in [0.2, 0.25) is 0 Å². The minimum Gasteiger partial charge on any atom is -0.394 e. The van der Waals surface area contributed by atoms with Gasteiger partial charge in [0.1, 0.15) is 0 Å². The van der Waals surface area contributed by atoms with Gasteiger partial charge in [0.2, 0.25) is 0 Å². The van der Waals surface area contributed by atoms with Gasteiger partial charge in [-0.2, -0.15) is 0 Å². The van der Waals surface area contributed by atoms with Crippen molar-refractivity contribution in [3.63, 3.8) is 0 Å². The van der Waals surface area contributed by atoms with Crippen molar-refractivity contribution >= 4 is 0 Å². The maximum Gasteiger partial charge on any atom is 0.0954 e. The Labute approximate surface area is 72.0 Å². The molecule has 1 aromatic rings. The van der Waals surface area contributed by atoms with Crippen LogP contribution in [0.5, 0.6) is 0 Å². The molecule has 66 valence electrons. The lowest BCUT2D eigenvalue weighted by Crippen LogP contribution is -2.19. The maximum atomic E-state index is 9.10. The molecule has 0 fully saturated rings. The van der Waals surface area contributed by atoms with Gasteiger partial charge >= 0.3 is 0 Å². The van der Waals surface area contributed by atoms with Crippen molar-refractivity contribution < 1.29 is 5.11 Å². The summed E-state index contributed by atoms with van der Waals surface area (Å²) in [6.45, 7) is 2.27. The molecule has 12 heavy (non-hydrogen) atoms. The van der Waals surface area contributed by atoms with E-state index >= 15 is 0 Å². The number of rotatable bonds is 1. The minimum absolute atomic E-state index is 0.239. The van der Waals surface area contributed by atoms with Crippen LogP contribution in [0.1, 0.15) is 30.3 Å². The third-order valence-corrected chi connectivity index (χ3v) is 2.66. The topological polar surface area (TPSA) is 38.0 Å². The van der Waals surface area contributed by atoms with Crippen LogP contribution < -0.4 is 0 Å². The van der Waals surface area contributed by atoms with Crippen molar-refractivity contribution in [3.05, 3.63) is 17.7 Å². The summed E-state index contributed by atoms with van der Waals surface area (Å²) in [7, 11) is 0. The van der Waals surface area contributed by atoms with Gasteiger partial charge in [-0.1, -0.05) is 0 Å². The fraction of sp³-hybridized carbons (Fsp3) is 0.667. The first-order valence-corrected chi connectivity index (χ1v) is 4.46. The summed E-state index contributed by atoms with van der Waals surface area (Å²) >= 11 is 0. The molecule has 0 saturated heterocycles. The maximum absolute atomic E-state index is 9.10. The third kappa shape index (κ3) is 1.05. The molecule has 2 rings (SSSR count). The first kappa shape index (κ1) is 7.80. The number of aromatic nitrogens is 2. The molecule has 2 heterocycles. The van der Waals surface area contributed by atoms with Crippen LogP contribution in [0.4, 0.5) is 0 Å². The number of hydrogen-bond donors (Lipinski definition) is 1. The molecular weight excluding hydrogens is 152 g/mol. The van der Waals surface area contributed by atoms with Crippen molar-refractivity contribution in [2.24, 2.45) is 0 Å². The van der Waals surface area contributed by atoms with Gasteiger partial charge in [-0.3, -0.25) is 0 Å². The second kappa shape index (κ2) is 2.90. The second-order valence-corrected chi connectivity index (χ2v) is 3.41. The summed E-state index contributed by atoms with van der Waals surface area (Å²) in [5.41, 5.74) is 2.42. The zero-order chi connectivity index (χ0) is 8.55. The van der Waals surface area contributed by atoms with E-state index < -0.39 is 0 Å². The summed E-state index contributed by atoms with van der Waals surface area (Å²) < 4.78 is 2.12. The fourth-order valence-corrected chi connectivity index (χ4v) is 1.93. The Morgan fingerprint density at radius 3 is 3.33 bits per heavy atom. The lowest BCUT2D eigenvalue weighted by molar-refractivity contribution is 0.207. The highest BCUT2D eigenvalue weighted by Crippen LogP contribution is 2.25. The molecule has 3 nitrogen and oxygen atoms in total. The van der Waals surface area contributed by atoms with Crippen LogP contribution in [-0.4, -0.2) is 21.3 Å². The zero-order valence-corrected chi connectivity index (χ0v) is 7.32. The Hall–Kier alpha value is -0.830. The summed E-state index contributed by atoms with van der Waals surface area (Å²) in [5, 5.41) is 9.10. The first-order chi connectivity index (χ1) is 5.83. The quantitative estimate of drug-likeness (QED) is 0.677. The SMILES string of the molecule is Cc1ncn2c1CCCC2CO. The third-order valence-electron chi connectivity index (χ3n) is 2.66. The van der Waals surface area contributed by atoms with Gasteiger partial charge in [0, 0.05) is 5.69 Å². The van der Waals surface area contributed by atoms with E-state index in [2.05, 4.69) is 9.55 Å². The number of aliphatic hydroxyl groups excluding tert-OH is 1. The Morgan fingerprint density at radius 1 is 1.75 bits per heavy atom. The number of nitrogens with zero attached hydrogens (tertiary/aromatic N) is 2. The van der Waals surface area contributed by atoms with Crippen LogP contribution in [0.3, 0.4) is 0 Å². The van der Waals surface area contributed by atoms with Crippen molar-refractivity contribution in [2.45, 2.75) is 32.2 Å². The molecule has 1 N–H and O–H groups in total. The fourth-order valence-electron chi connectivity index (χ4n) is 1.93. The van der Waals surface area contributed by atoms with Gasteiger partial charge in [-0.05, 0) is 26.2 Å². The minimum atomic E-state index is 0.239. The average molecular weight is 166 g/mol. The van der Waals surface area contributed by atoms with Gasteiger partial charge in [0.25, 0.3) is 0 Å². The first-order valence-electron chi connectivity index (χ1n) is 4.46. The van der Waals surface area contributed by atoms with Gasteiger partial charge in [0.05, 0.1) is 24.7 Å². The lowest BCUT2D eigenvalue weighted by Gasteiger charge is -2.23. The van der Waals surface area contributed by atoms with Crippen molar-refractivity contribution in [1.82, 2.24) is 9.55 Å². The van der Waals surface area contributed by atoms with Crippen molar-refractivity contribution in [3.8, 4) is 0 Å². The largest absolute Gasteiger partial charge is 0.394 e. The Kier molecular flexibility index (Phi) is 1.89. The summed E-state index contributed by atoms with van der Waals surface area (Å²) in [6, 6.07) is 0.273. The number of hydrogen-bond acceptors (Lipinski definition) is 2. The number of aryl methyl sites for hydroxylation is 1. The molecule has 0 saturated carbocycles. The molecular formula is C9H14N2O. The summed E-state index contributed by atoms with van der Waals surface area (Å²) in [6.07, 6.45) is 5.23. The number of imidazole rings is 1. The van der Waals surface area contributed by atoms with E-state index in [1.165, 1.54) is 12.1 Å². The van der Waals surface area contributed by atoms with Crippen LogP contribution in [0.25, 0.3) is 0 Å². The van der Waals surface area contributed by atoms with E-state index in [9.17, 15) is 0 Å². The van der Waals surface area contributed by atoms with E-state index in [0.717, 1.165) is 18.5 Å². The summed E-state index contributed by atoms with van der Waals surface area (Å²) in [5.74, 6) is 0. The van der Waals surface area contributed by atoms with Crippen molar-refractivity contribution in [1.29, 1.82) is 0 Å². The molecule has 0 aliphatic carbocycles. The predicted molar refractivity (Wildman–Crippen MR) is 46.0 cm³/mol. The van der Waals surface area contributed by atoms with Crippen LogP contribution in [0.15, 0.2) is 6.33 Å². The molecule has 1 aromatic heterocycles. The molecule has 1 unspecified atom stereocenters. The number of fused-ring (bicyclic) bond motifs is 1. The normalized spacial score (nSPS) is 22.3. The molecule has 1 atom stereocenters. The molecule has 1 aliphatic heterocycles. The predicted octanol–water partition coefficient (Wildman–Crippen LogP) is 1.06. The second-order valence-electron chi connectivity index (χ2n) is 3.41. The van der Waals surface area contributed by atoms with Gasteiger partial charge < -0.3 is 9.67 Å². The highest BCUT2D eigenvalue weighted by molar-refractivity contribution is 5.14. The molecule has 1 aliphatic rings. The Bertz CT molecular complexity index is 280. The molecule has 0 radical (unpaired) electrons. The highest BCUT2D eigenvalue weighted by Gasteiger charge is 2.19. The molecule has 0 amide bonds. The van der Waals surface area contributed by atoms with E-state index in [4.69, 9.17) is 5.11 Å². The number of aliphatic hydroxyl groups is 1. The van der Waals surface area contributed by atoms with Crippen LogP contribution in [0, 0.1) is 6.92 Å². The molecule has 0 aromatic carbocycles. The highest BCUT2D eigenvalue weighted by atomic mass is 16.3. The van der Waals surface area contributed by atoms with E-state index in [1.807, 2.05) is 13.3 Å². The monoisotopic (exact) mass is 166 g/mol. The van der Waals surface area contributed by atoms with Gasteiger partial charge in [-0.15, -0.1) is 0 Å². The van der Waals surface area contributed by atoms with Crippen LogP contribution >= 0.6 is 0 Å². The van der Waals surface area contributed by atoms with Gasteiger partial charge in [-0.25, -0.2) is 4.98 Å². The van der Waals surface area contributed by atoms with E-state index in [-0.39, 0.29) is 12.6 Å². The van der Waals surface area contributed by atoms with Crippen LogP contribution in [-0.2, 0) is 6.42 Å². The Morgan fingerprint density at radius 2 is 2.58 bits per heavy atom. The molecule has 3 heteroatoms. The van der Waals surface area contributed by atoms with E-state index in [1.54, 1.807) is 0 Å². The zero-order valence-electron chi connectivity index (χ0n) is 7.32. The lowest BCUT2D eigenvalue weighted by atomic mass is 10.0. The van der Waals surface area contributed by atoms with Crippen molar-refractivity contribution in [2.75, 3.05) is 6.61 Å². The van der Waals surface area contributed by atoms with Gasteiger partial charge in [0.15, 0.2) is 0 Å². The standard InChI is InChI=1S/C9H14N2O/c1-7-9-4-2-3-8(5-12)11(9)6-10-7/h6,8,12H,2-5H2,1H3.